The van der Waals surface area contributed by atoms with E-state index in [1.165, 1.54) is 0 Å². The Morgan fingerprint density at radius 3 is 2.73 bits per heavy atom. The van der Waals surface area contributed by atoms with Crippen LogP contribution in [0, 0.1) is 12.3 Å². The van der Waals surface area contributed by atoms with Crippen LogP contribution in [0.3, 0.4) is 0 Å². The summed E-state index contributed by atoms with van der Waals surface area (Å²) in [5.74, 6) is 0. The highest BCUT2D eigenvalue weighted by molar-refractivity contribution is 6.20. The molecule has 0 fully saturated rings. The van der Waals surface area contributed by atoms with Crippen molar-refractivity contribution >= 4 is 27.7 Å². The van der Waals surface area contributed by atoms with E-state index < -0.39 is 0 Å². The minimum absolute atomic E-state index is 0.509. The Kier molecular flexibility index (Phi) is 3.68. The maximum atomic E-state index is 8.57. The van der Waals surface area contributed by atoms with Gasteiger partial charge in [-0.1, -0.05) is 43.9 Å². The number of hydrogen-bond donors (Lipinski definition) is 1. The normalized spacial score (nSPS) is 12.0. The molecule has 2 nitrogen and oxygen atoms in total. The van der Waals surface area contributed by atoms with Gasteiger partial charge >= 0.3 is 0 Å². The summed E-state index contributed by atoms with van der Waals surface area (Å²) in [7, 11) is 0. The predicted molar refractivity (Wildman–Crippen MR) is 93.9 cm³/mol. The Morgan fingerprint density at radius 1 is 1.23 bits per heavy atom. The average molecular weight is 289 g/mol. The van der Waals surface area contributed by atoms with E-state index in [2.05, 4.69) is 32.6 Å². The van der Waals surface area contributed by atoms with Crippen LogP contribution in [0.5, 0.6) is 0 Å². The molecule has 1 N–H and O–H groups in total. The van der Waals surface area contributed by atoms with Crippen molar-refractivity contribution in [3.63, 3.8) is 0 Å². The first-order valence-corrected chi connectivity index (χ1v) is 7.48. The largest absolute Gasteiger partial charge is 0.455 e. The third kappa shape index (κ3) is 2.27. The molecule has 0 aliphatic heterocycles. The first kappa shape index (κ1) is 14.3. The number of furan rings is 1. The van der Waals surface area contributed by atoms with Gasteiger partial charge in [0.15, 0.2) is 0 Å². The highest BCUT2D eigenvalue weighted by atomic mass is 16.3. The molecule has 3 aromatic rings. The molecule has 1 heterocycles. The van der Waals surface area contributed by atoms with E-state index in [0.29, 0.717) is 5.71 Å². The molecule has 110 valence electrons. The molecule has 0 aliphatic carbocycles. The average Bonchev–Trinajstić information content (AvgIpc) is 2.90. The number of allylic oxidation sites excluding steroid dienone is 3. The third-order valence-electron chi connectivity index (χ3n) is 3.91. The van der Waals surface area contributed by atoms with Crippen molar-refractivity contribution in [1.29, 1.82) is 5.41 Å². The molecule has 1 aromatic heterocycles. The lowest BCUT2D eigenvalue weighted by molar-refractivity contribution is 0.668. The lowest BCUT2D eigenvalue weighted by Crippen LogP contribution is -2.03. The number of rotatable bonds is 4. The molecule has 0 saturated carbocycles. The second-order valence-corrected chi connectivity index (χ2v) is 5.44. The van der Waals surface area contributed by atoms with Crippen LogP contribution in [0.1, 0.15) is 24.5 Å². The predicted octanol–water partition coefficient (Wildman–Crippen LogP) is 5.78. The van der Waals surface area contributed by atoms with E-state index in [1.807, 2.05) is 30.3 Å². The van der Waals surface area contributed by atoms with Crippen molar-refractivity contribution < 1.29 is 4.42 Å². The Hall–Kier alpha value is -2.61. The minimum atomic E-state index is 0.509. The zero-order valence-corrected chi connectivity index (χ0v) is 12.9. The molecule has 0 aliphatic rings. The first-order valence-electron chi connectivity index (χ1n) is 7.48. The van der Waals surface area contributed by atoms with Crippen molar-refractivity contribution in [2.75, 3.05) is 0 Å². The number of nitrogens with one attached hydrogen (secondary N) is 1. The second-order valence-electron chi connectivity index (χ2n) is 5.44. The first-order chi connectivity index (χ1) is 10.7. The molecule has 0 saturated heterocycles. The Bertz CT molecular complexity index is 912. The smallest absolute Gasteiger partial charge is 0.144 e. The van der Waals surface area contributed by atoms with Crippen molar-refractivity contribution in [3.05, 3.63) is 71.8 Å². The van der Waals surface area contributed by atoms with Gasteiger partial charge in [-0.15, -0.1) is 0 Å². The zero-order chi connectivity index (χ0) is 15.7. The van der Waals surface area contributed by atoms with E-state index in [0.717, 1.165) is 45.1 Å². The van der Waals surface area contributed by atoms with Crippen molar-refractivity contribution in [3.8, 4) is 0 Å². The van der Waals surface area contributed by atoms with Gasteiger partial charge in [0.25, 0.3) is 0 Å². The van der Waals surface area contributed by atoms with Gasteiger partial charge in [0, 0.05) is 16.3 Å². The molecule has 0 radical (unpaired) electrons. The molecule has 2 heteroatoms. The summed E-state index contributed by atoms with van der Waals surface area (Å²) in [4.78, 5) is 0. The van der Waals surface area contributed by atoms with Gasteiger partial charge in [0.2, 0.25) is 0 Å². The fourth-order valence-corrected chi connectivity index (χ4v) is 2.85. The molecule has 0 amide bonds. The molecule has 3 rings (SSSR count). The molecular weight excluding hydrogens is 270 g/mol. The summed E-state index contributed by atoms with van der Waals surface area (Å²) in [5, 5.41) is 10.7. The van der Waals surface area contributed by atoms with Gasteiger partial charge in [0.05, 0.1) is 5.71 Å². The third-order valence-corrected chi connectivity index (χ3v) is 3.91. The van der Waals surface area contributed by atoms with Gasteiger partial charge in [-0.25, -0.2) is 0 Å². The molecule has 22 heavy (non-hydrogen) atoms. The quantitative estimate of drug-likeness (QED) is 0.479. The van der Waals surface area contributed by atoms with Gasteiger partial charge in [0.1, 0.15) is 11.2 Å². The van der Waals surface area contributed by atoms with Gasteiger partial charge in [-0.2, -0.15) is 0 Å². The van der Waals surface area contributed by atoms with E-state index in [-0.39, 0.29) is 0 Å². The van der Waals surface area contributed by atoms with Crippen LogP contribution in [-0.4, -0.2) is 5.71 Å². The number of fused-ring (bicyclic) bond motifs is 3. The summed E-state index contributed by atoms with van der Waals surface area (Å²) in [5.41, 5.74) is 5.11. The Balaban J connectivity index is 2.32. The Labute approximate surface area is 130 Å². The van der Waals surface area contributed by atoms with E-state index >= 15 is 0 Å². The lowest BCUT2D eigenvalue weighted by Gasteiger charge is -2.08. The summed E-state index contributed by atoms with van der Waals surface area (Å²) in [6, 6.07) is 12.2. The summed E-state index contributed by atoms with van der Waals surface area (Å²) < 4.78 is 6.04. The van der Waals surface area contributed by atoms with Crippen LogP contribution in [0.15, 0.2) is 65.1 Å². The monoisotopic (exact) mass is 289 g/mol. The zero-order valence-electron chi connectivity index (χ0n) is 12.9. The van der Waals surface area contributed by atoms with E-state index in [4.69, 9.17) is 9.83 Å². The SMILES string of the molecule is C=C/C=C(\CC)C(=N)c1cc(C)cc2c1oc1ccccc12. The van der Waals surface area contributed by atoms with E-state index in [1.54, 1.807) is 6.08 Å². The van der Waals surface area contributed by atoms with Crippen LogP contribution in [0.25, 0.3) is 21.9 Å². The number of benzene rings is 2. The number of para-hydroxylation sites is 1. The Morgan fingerprint density at radius 2 is 2.00 bits per heavy atom. The molecule has 2 aromatic carbocycles. The highest BCUT2D eigenvalue weighted by Crippen LogP contribution is 2.33. The van der Waals surface area contributed by atoms with Gasteiger partial charge in [-0.05, 0) is 42.7 Å². The summed E-state index contributed by atoms with van der Waals surface area (Å²) >= 11 is 0. The molecule has 0 atom stereocenters. The van der Waals surface area contributed by atoms with Crippen LogP contribution in [0.2, 0.25) is 0 Å². The van der Waals surface area contributed by atoms with Crippen molar-refractivity contribution in [2.45, 2.75) is 20.3 Å². The van der Waals surface area contributed by atoms with Gasteiger partial charge < -0.3 is 4.42 Å². The maximum absolute atomic E-state index is 8.57. The van der Waals surface area contributed by atoms with Crippen LogP contribution in [-0.2, 0) is 0 Å². The topological polar surface area (TPSA) is 37.0 Å². The van der Waals surface area contributed by atoms with Crippen LogP contribution < -0.4 is 0 Å². The van der Waals surface area contributed by atoms with Crippen LogP contribution >= 0.6 is 0 Å². The van der Waals surface area contributed by atoms with E-state index in [9.17, 15) is 0 Å². The fourth-order valence-electron chi connectivity index (χ4n) is 2.85. The molecule has 0 unspecified atom stereocenters. The standard InChI is InChI=1S/C20H19NO/c1-4-8-14(5-2)19(21)17-12-13(3)11-16-15-9-6-7-10-18(15)22-20(16)17/h4,6-12,21H,1,5H2,2-3H3/b14-8+,21-19?. The minimum Gasteiger partial charge on any atom is -0.455 e. The highest BCUT2D eigenvalue weighted by Gasteiger charge is 2.16. The number of hydrogen-bond acceptors (Lipinski definition) is 2. The second kappa shape index (κ2) is 5.64. The summed E-state index contributed by atoms with van der Waals surface area (Å²) in [6.45, 7) is 7.85. The van der Waals surface area contributed by atoms with Crippen LogP contribution in [0.4, 0.5) is 0 Å². The fraction of sp³-hybridized carbons (Fsp3) is 0.150. The molecule has 0 bridgehead atoms. The summed E-state index contributed by atoms with van der Waals surface area (Å²) in [6.07, 6.45) is 4.43. The van der Waals surface area contributed by atoms with Crippen molar-refractivity contribution in [1.82, 2.24) is 0 Å². The molecule has 0 spiro atoms. The maximum Gasteiger partial charge on any atom is 0.144 e. The molecular formula is C20H19NO. The lowest BCUT2D eigenvalue weighted by atomic mass is 9.96. The van der Waals surface area contributed by atoms with Gasteiger partial charge in [-0.3, -0.25) is 5.41 Å². The number of aryl methyl sites for hydroxylation is 1. The van der Waals surface area contributed by atoms with Crippen molar-refractivity contribution in [2.24, 2.45) is 0 Å².